The van der Waals surface area contributed by atoms with Crippen molar-refractivity contribution in [1.82, 2.24) is 10.2 Å². The number of rotatable bonds is 11. The van der Waals surface area contributed by atoms with Gasteiger partial charge in [0.2, 0.25) is 17.7 Å². The minimum absolute atomic E-state index is 0.000616. The Hall–Kier alpha value is -1.97. The van der Waals surface area contributed by atoms with Gasteiger partial charge in [-0.2, -0.15) is 0 Å². The number of alkyl halides is 1. The average Bonchev–Trinajstić information content (AvgIpc) is 3.41. The van der Waals surface area contributed by atoms with Crippen LogP contribution >= 0.6 is 15.9 Å². The Morgan fingerprint density at radius 2 is 1.74 bits per heavy atom. The quantitative estimate of drug-likeness (QED) is 0.258. The molecule has 3 N–H and O–H groups in total. The zero-order valence-electron chi connectivity index (χ0n) is 23.8. The van der Waals surface area contributed by atoms with Gasteiger partial charge >= 0.3 is 0 Å². The number of aliphatic hydroxyl groups is 1. The number of amides is 3. The van der Waals surface area contributed by atoms with Crippen LogP contribution in [0.1, 0.15) is 73.1 Å². The van der Waals surface area contributed by atoms with E-state index in [2.05, 4.69) is 47.3 Å². The van der Waals surface area contributed by atoms with Gasteiger partial charge in [0.25, 0.3) is 0 Å². The van der Waals surface area contributed by atoms with Crippen molar-refractivity contribution < 1.29 is 24.2 Å². The molecule has 0 radical (unpaired) electrons. The third-order valence-electron chi connectivity index (χ3n) is 8.12. The number of aliphatic hydroxyl groups excluding tert-OH is 1. The molecule has 1 aromatic carbocycles. The fourth-order valence-corrected chi connectivity index (χ4v) is 8.18. The fourth-order valence-electron chi connectivity index (χ4n) is 7.24. The Morgan fingerprint density at radius 1 is 1.08 bits per heavy atom. The Kier molecular flexibility index (Phi) is 8.84. The van der Waals surface area contributed by atoms with Gasteiger partial charge in [0.1, 0.15) is 11.6 Å². The summed E-state index contributed by atoms with van der Waals surface area (Å²) in [6, 6.07) is 8.39. The number of unbranched alkanes of at least 4 members (excludes halogenated alkanes) is 3. The minimum atomic E-state index is -1.07. The summed E-state index contributed by atoms with van der Waals surface area (Å²) in [7, 11) is 0. The highest BCUT2D eigenvalue weighted by Gasteiger charge is 2.76. The summed E-state index contributed by atoms with van der Waals surface area (Å²) >= 11 is 3.73. The second-order valence-electron chi connectivity index (χ2n) is 13.3. The molecule has 4 rings (SSSR count). The Balaban J connectivity index is 1.64. The minimum Gasteiger partial charge on any atom is -0.396 e. The van der Waals surface area contributed by atoms with Crippen molar-refractivity contribution in [2.45, 2.75) is 101 Å². The van der Waals surface area contributed by atoms with Crippen LogP contribution in [0.4, 0.5) is 5.69 Å². The second-order valence-corrected chi connectivity index (χ2v) is 14.5. The number of hydrogen-bond acceptors (Lipinski definition) is 5. The van der Waals surface area contributed by atoms with Gasteiger partial charge in [-0.05, 0) is 57.1 Å². The number of para-hydroxylation sites is 1. The van der Waals surface area contributed by atoms with Crippen LogP contribution in [0.15, 0.2) is 30.3 Å². The molecule has 39 heavy (non-hydrogen) atoms. The molecule has 3 aliphatic rings. The van der Waals surface area contributed by atoms with E-state index in [4.69, 9.17) is 9.84 Å². The largest absolute Gasteiger partial charge is 0.396 e. The summed E-state index contributed by atoms with van der Waals surface area (Å²) < 4.78 is 6.60. The SMILES string of the molecule is CC(C)(C)CC(C)(C)NC(=O)C1N(CCCCCCO)C(=O)[C@@H]2[C@@H](C(=O)Nc3ccccc3)[C@@H]3OC12CC3Br. The van der Waals surface area contributed by atoms with Crippen LogP contribution < -0.4 is 10.6 Å². The molecule has 3 unspecified atom stereocenters. The van der Waals surface area contributed by atoms with E-state index >= 15 is 0 Å². The lowest BCUT2D eigenvalue weighted by atomic mass is 9.70. The average molecular weight is 607 g/mol. The smallest absolute Gasteiger partial charge is 0.246 e. The predicted molar refractivity (Wildman–Crippen MR) is 154 cm³/mol. The third kappa shape index (κ3) is 6.20. The van der Waals surface area contributed by atoms with Gasteiger partial charge in [0.05, 0.1) is 17.9 Å². The molecule has 2 bridgehead atoms. The number of likely N-dealkylation sites (tertiary alicyclic amines) is 1. The summed E-state index contributed by atoms with van der Waals surface area (Å²) in [6.07, 6.45) is 3.88. The molecule has 0 aliphatic carbocycles. The normalized spacial score (nSPS) is 30.0. The number of nitrogens with zero attached hydrogens (tertiary/aromatic N) is 1. The van der Waals surface area contributed by atoms with Crippen LogP contribution in [0.2, 0.25) is 0 Å². The standard InChI is InChI=1S/C30H44BrN3O5/c1-28(2,3)18-29(4,5)33-26(37)24-30-17-20(31)23(39-30)21(25(36)32-19-13-9-8-10-14-19)22(30)27(38)34(24)15-11-6-7-12-16-35/h8-10,13-14,20-24,35H,6-7,11-12,15-18H2,1-5H3,(H,32,36)(H,33,37)/t20?,21-,22+,23-,24?,30?/m1/s1. The van der Waals surface area contributed by atoms with Crippen LogP contribution in [-0.2, 0) is 19.1 Å². The second kappa shape index (κ2) is 11.5. The van der Waals surface area contributed by atoms with Crippen LogP contribution in [0, 0.1) is 17.3 Å². The number of halogens is 1. The number of ether oxygens (including phenoxy) is 1. The van der Waals surface area contributed by atoms with Crippen molar-refractivity contribution in [2.24, 2.45) is 17.3 Å². The van der Waals surface area contributed by atoms with E-state index in [0.717, 1.165) is 19.3 Å². The first-order valence-electron chi connectivity index (χ1n) is 14.2. The molecule has 3 fully saturated rings. The van der Waals surface area contributed by atoms with E-state index < -0.39 is 35.1 Å². The summed E-state index contributed by atoms with van der Waals surface area (Å²) in [5.74, 6) is -2.08. The molecule has 3 amide bonds. The molecule has 0 saturated carbocycles. The van der Waals surface area contributed by atoms with Crippen molar-refractivity contribution in [1.29, 1.82) is 0 Å². The predicted octanol–water partition coefficient (Wildman–Crippen LogP) is 4.26. The van der Waals surface area contributed by atoms with Crippen molar-refractivity contribution in [3.05, 3.63) is 30.3 Å². The lowest BCUT2D eigenvalue weighted by Crippen LogP contribution is -2.59. The van der Waals surface area contributed by atoms with E-state index in [0.29, 0.717) is 31.5 Å². The Labute approximate surface area is 240 Å². The van der Waals surface area contributed by atoms with Gasteiger partial charge in [-0.25, -0.2) is 0 Å². The number of carbonyl (C=O) groups is 3. The number of benzene rings is 1. The summed E-state index contributed by atoms with van der Waals surface area (Å²) in [5.41, 5.74) is -0.898. The van der Waals surface area contributed by atoms with Gasteiger partial charge in [-0.1, -0.05) is 67.7 Å². The van der Waals surface area contributed by atoms with E-state index in [1.165, 1.54) is 0 Å². The van der Waals surface area contributed by atoms with Gasteiger partial charge in [-0.15, -0.1) is 0 Å². The van der Waals surface area contributed by atoms with Gasteiger partial charge in [0.15, 0.2) is 0 Å². The van der Waals surface area contributed by atoms with E-state index in [1.807, 2.05) is 44.2 Å². The molecule has 1 spiro atoms. The van der Waals surface area contributed by atoms with Crippen LogP contribution in [0.3, 0.4) is 0 Å². The van der Waals surface area contributed by atoms with Gasteiger partial charge in [0, 0.05) is 29.2 Å². The first-order valence-corrected chi connectivity index (χ1v) is 15.1. The molecular weight excluding hydrogens is 562 g/mol. The van der Waals surface area contributed by atoms with Crippen molar-refractivity contribution in [3.8, 4) is 0 Å². The molecule has 3 heterocycles. The number of nitrogens with one attached hydrogen (secondary N) is 2. The van der Waals surface area contributed by atoms with E-state index in [1.54, 1.807) is 4.90 Å². The zero-order chi connectivity index (χ0) is 28.6. The number of carbonyl (C=O) groups excluding carboxylic acids is 3. The summed E-state index contributed by atoms with van der Waals surface area (Å²) in [5, 5.41) is 15.4. The van der Waals surface area contributed by atoms with Crippen LogP contribution in [0.5, 0.6) is 0 Å². The lowest BCUT2D eigenvalue weighted by Gasteiger charge is -2.38. The molecule has 1 aromatic rings. The van der Waals surface area contributed by atoms with Crippen molar-refractivity contribution >= 4 is 39.3 Å². The first-order chi connectivity index (χ1) is 18.3. The third-order valence-corrected chi connectivity index (χ3v) is 8.97. The Bertz CT molecular complexity index is 1060. The maximum atomic E-state index is 14.1. The van der Waals surface area contributed by atoms with Crippen molar-refractivity contribution in [2.75, 3.05) is 18.5 Å². The molecule has 216 valence electrons. The highest BCUT2D eigenvalue weighted by atomic mass is 79.9. The highest BCUT2D eigenvalue weighted by molar-refractivity contribution is 9.09. The molecule has 0 aromatic heterocycles. The molecular formula is C30H44BrN3O5. The van der Waals surface area contributed by atoms with E-state index in [-0.39, 0.29) is 34.6 Å². The monoisotopic (exact) mass is 605 g/mol. The van der Waals surface area contributed by atoms with Crippen molar-refractivity contribution in [3.63, 3.8) is 0 Å². The van der Waals surface area contributed by atoms with Crippen LogP contribution in [0.25, 0.3) is 0 Å². The van der Waals surface area contributed by atoms with Gasteiger partial charge in [-0.3, -0.25) is 14.4 Å². The van der Waals surface area contributed by atoms with Crippen LogP contribution in [-0.4, -0.2) is 69.0 Å². The van der Waals surface area contributed by atoms with E-state index in [9.17, 15) is 14.4 Å². The molecule has 8 nitrogen and oxygen atoms in total. The Morgan fingerprint density at radius 3 is 2.38 bits per heavy atom. The lowest BCUT2D eigenvalue weighted by molar-refractivity contribution is -0.142. The molecule has 9 heteroatoms. The number of anilines is 1. The maximum Gasteiger partial charge on any atom is 0.246 e. The summed E-state index contributed by atoms with van der Waals surface area (Å²) in [6.45, 7) is 11.0. The molecule has 6 atom stereocenters. The van der Waals surface area contributed by atoms with Gasteiger partial charge < -0.3 is 25.4 Å². The first kappa shape index (κ1) is 30.0. The number of fused-ring (bicyclic) bond motifs is 1. The topological polar surface area (TPSA) is 108 Å². The molecule has 3 aliphatic heterocycles. The highest BCUT2D eigenvalue weighted by Crippen LogP contribution is 2.60. The number of hydrogen-bond donors (Lipinski definition) is 3. The summed E-state index contributed by atoms with van der Waals surface area (Å²) in [4.78, 5) is 43.4. The maximum absolute atomic E-state index is 14.1. The fraction of sp³-hybridized carbons (Fsp3) is 0.700. The zero-order valence-corrected chi connectivity index (χ0v) is 25.4. The molecule has 3 saturated heterocycles.